The van der Waals surface area contributed by atoms with Crippen molar-refractivity contribution in [1.29, 1.82) is 0 Å². The second-order valence-corrected chi connectivity index (χ2v) is 10.1. The Bertz CT molecular complexity index is 1710. The summed E-state index contributed by atoms with van der Waals surface area (Å²) in [4.78, 5) is 8.92. The molecule has 5 rings (SSSR count). The molecule has 0 bridgehead atoms. The predicted octanol–water partition coefficient (Wildman–Crippen LogP) is 8.01. The van der Waals surface area contributed by atoms with E-state index in [1.165, 1.54) is 6.21 Å². The normalized spacial score (nSPS) is 11.3. The maximum atomic E-state index is 6.45. The lowest BCUT2D eigenvalue weighted by atomic mass is 10.1. The van der Waals surface area contributed by atoms with Crippen molar-refractivity contribution < 1.29 is 9.37 Å². The fourth-order valence-electron chi connectivity index (χ4n) is 3.60. The molecule has 9 nitrogen and oxygen atoms in total. The van der Waals surface area contributed by atoms with E-state index in [1.807, 2.05) is 32.0 Å². The van der Waals surface area contributed by atoms with Crippen LogP contribution in [0, 0.1) is 13.8 Å². The average Bonchev–Trinajstić information content (AvgIpc) is 3.34. The van der Waals surface area contributed by atoms with Crippen molar-refractivity contribution in [1.82, 2.24) is 20.3 Å². The average molecular weight is 603 g/mol. The van der Waals surface area contributed by atoms with Crippen LogP contribution in [0.2, 0.25) is 20.1 Å². The number of nitrogens with zero attached hydrogens (tertiary/aromatic N) is 5. The molecule has 0 aliphatic heterocycles. The van der Waals surface area contributed by atoms with Crippen LogP contribution in [0.3, 0.4) is 0 Å². The Morgan fingerprint density at radius 1 is 0.897 bits per heavy atom. The molecular weight excluding hydrogens is 584 g/mol. The number of anilines is 3. The molecule has 0 aliphatic carbocycles. The molecule has 2 heterocycles. The first-order valence-corrected chi connectivity index (χ1v) is 13.0. The van der Waals surface area contributed by atoms with Gasteiger partial charge in [-0.3, -0.25) is 5.43 Å². The molecule has 198 valence electrons. The number of hydrazone groups is 1. The van der Waals surface area contributed by atoms with Gasteiger partial charge in [0.25, 0.3) is 0 Å². The first kappa shape index (κ1) is 27.0. The predicted molar refractivity (Wildman–Crippen MR) is 155 cm³/mol. The minimum Gasteiger partial charge on any atom is -0.487 e. The second-order valence-electron chi connectivity index (χ2n) is 8.41. The van der Waals surface area contributed by atoms with Crippen LogP contribution in [0.1, 0.15) is 22.3 Å². The number of rotatable bonds is 8. The zero-order valence-electron chi connectivity index (χ0n) is 20.5. The lowest BCUT2D eigenvalue weighted by Crippen LogP contribution is -2.05. The molecule has 5 aromatic rings. The van der Waals surface area contributed by atoms with E-state index in [0.29, 0.717) is 43.0 Å². The van der Waals surface area contributed by atoms with Crippen molar-refractivity contribution in [3.8, 4) is 5.75 Å². The van der Waals surface area contributed by atoms with Crippen molar-refractivity contribution in [2.75, 3.05) is 10.7 Å². The third-order valence-electron chi connectivity index (χ3n) is 5.77. The van der Waals surface area contributed by atoms with Crippen LogP contribution in [0.25, 0.3) is 11.3 Å². The Morgan fingerprint density at radius 2 is 1.64 bits per heavy atom. The van der Waals surface area contributed by atoms with E-state index in [4.69, 9.17) is 55.8 Å². The summed E-state index contributed by atoms with van der Waals surface area (Å²) < 4.78 is 10.8. The maximum Gasteiger partial charge on any atom is 0.245 e. The van der Waals surface area contributed by atoms with Gasteiger partial charge in [0.15, 0.2) is 11.6 Å². The molecule has 0 spiro atoms. The van der Waals surface area contributed by atoms with Gasteiger partial charge in [-0.2, -0.15) is 10.1 Å². The number of aryl methyl sites for hydroxylation is 1. The van der Waals surface area contributed by atoms with Crippen LogP contribution in [-0.4, -0.2) is 26.5 Å². The molecule has 39 heavy (non-hydrogen) atoms. The van der Waals surface area contributed by atoms with Crippen LogP contribution >= 0.6 is 46.4 Å². The van der Waals surface area contributed by atoms with Crippen LogP contribution in [0.4, 0.5) is 17.3 Å². The Kier molecular flexibility index (Phi) is 8.04. The van der Waals surface area contributed by atoms with Crippen LogP contribution in [-0.2, 0) is 6.61 Å². The lowest BCUT2D eigenvalue weighted by Gasteiger charge is -2.14. The maximum absolute atomic E-state index is 6.45. The number of hydrogen-bond acceptors (Lipinski definition) is 9. The van der Waals surface area contributed by atoms with Crippen molar-refractivity contribution in [3.05, 3.63) is 90.9 Å². The zero-order chi connectivity index (χ0) is 27.5. The first-order chi connectivity index (χ1) is 18.8. The van der Waals surface area contributed by atoms with Gasteiger partial charge in [0.2, 0.25) is 11.3 Å². The summed E-state index contributed by atoms with van der Waals surface area (Å²) in [5, 5.41) is 16.9. The summed E-state index contributed by atoms with van der Waals surface area (Å²) in [7, 11) is 0. The quantitative estimate of drug-likeness (QED) is 0.136. The van der Waals surface area contributed by atoms with E-state index in [9.17, 15) is 0 Å². The minimum atomic E-state index is 0.150. The molecule has 0 amide bonds. The highest BCUT2D eigenvalue weighted by Crippen LogP contribution is 2.33. The van der Waals surface area contributed by atoms with Gasteiger partial charge in [0.1, 0.15) is 12.4 Å². The number of fused-ring (bicyclic) bond motifs is 1. The highest BCUT2D eigenvalue weighted by Gasteiger charge is 2.15. The van der Waals surface area contributed by atoms with Crippen molar-refractivity contribution in [3.63, 3.8) is 0 Å². The van der Waals surface area contributed by atoms with Crippen LogP contribution in [0.15, 0.2) is 58.3 Å². The summed E-state index contributed by atoms with van der Waals surface area (Å²) in [5.41, 5.74) is 7.65. The van der Waals surface area contributed by atoms with Crippen molar-refractivity contribution in [2.24, 2.45) is 5.10 Å². The van der Waals surface area contributed by atoms with Gasteiger partial charge < -0.3 is 10.1 Å². The summed E-state index contributed by atoms with van der Waals surface area (Å²) in [6.45, 7) is 4.18. The van der Waals surface area contributed by atoms with E-state index in [0.717, 1.165) is 22.4 Å². The lowest BCUT2D eigenvalue weighted by molar-refractivity contribution is 0.306. The molecule has 0 aliphatic rings. The highest BCUT2D eigenvalue weighted by atomic mass is 35.5. The summed E-state index contributed by atoms with van der Waals surface area (Å²) >= 11 is 25.0. The molecule has 0 saturated carbocycles. The molecule has 3 aromatic carbocycles. The fourth-order valence-corrected chi connectivity index (χ4v) is 4.62. The first-order valence-electron chi connectivity index (χ1n) is 11.5. The molecule has 13 heteroatoms. The van der Waals surface area contributed by atoms with Gasteiger partial charge >= 0.3 is 0 Å². The van der Waals surface area contributed by atoms with E-state index in [-0.39, 0.29) is 17.9 Å². The topological polar surface area (TPSA) is 110 Å². The summed E-state index contributed by atoms with van der Waals surface area (Å²) in [6.07, 6.45) is 1.51. The second kappa shape index (κ2) is 11.6. The Hall–Kier alpha value is -3.63. The molecule has 0 unspecified atom stereocenters. The molecule has 0 saturated heterocycles. The Balaban J connectivity index is 1.42. The van der Waals surface area contributed by atoms with Gasteiger partial charge in [-0.25, -0.2) is 9.61 Å². The summed E-state index contributed by atoms with van der Waals surface area (Å²) in [5.74, 6) is 1.04. The van der Waals surface area contributed by atoms with E-state index in [1.54, 1.807) is 30.3 Å². The van der Waals surface area contributed by atoms with Gasteiger partial charge in [0, 0.05) is 31.9 Å². The monoisotopic (exact) mass is 601 g/mol. The molecule has 2 N–H and O–H groups in total. The van der Waals surface area contributed by atoms with Gasteiger partial charge in [-0.05, 0) is 65.6 Å². The van der Waals surface area contributed by atoms with E-state index >= 15 is 0 Å². The van der Waals surface area contributed by atoms with Gasteiger partial charge in [-0.1, -0.05) is 64.6 Å². The Labute approximate surface area is 243 Å². The third-order valence-corrected chi connectivity index (χ3v) is 6.86. The largest absolute Gasteiger partial charge is 0.487 e. The van der Waals surface area contributed by atoms with Crippen molar-refractivity contribution >= 4 is 81.2 Å². The van der Waals surface area contributed by atoms with E-state index < -0.39 is 0 Å². The van der Waals surface area contributed by atoms with Gasteiger partial charge in [0.05, 0.1) is 11.2 Å². The molecular formula is C26H19Cl4N7O2. The van der Waals surface area contributed by atoms with E-state index in [2.05, 4.69) is 36.1 Å². The number of hydrogen-bond donors (Lipinski definition) is 2. The number of ether oxygens (including phenoxy) is 1. The fraction of sp³-hybridized carbons (Fsp3) is 0.115. The molecule has 2 aromatic heterocycles. The molecule has 0 atom stereocenters. The smallest absolute Gasteiger partial charge is 0.245 e. The number of aromatic nitrogens is 4. The van der Waals surface area contributed by atoms with Crippen LogP contribution < -0.4 is 15.5 Å². The van der Waals surface area contributed by atoms with Crippen molar-refractivity contribution in [2.45, 2.75) is 20.5 Å². The molecule has 0 fully saturated rings. The highest BCUT2D eigenvalue weighted by molar-refractivity contribution is 6.36. The number of benzene rings is 3. The zero-order valence-corrected chi connectivity index (χ0v) is 23.5. The Morgan fingerprint density at radius 3 is 2.41 bits per heavy atom. The van der Waals surface area contributed by atoms with Crippen LogP contribution in [0.5, 0.6) is 5.75 Å². The third kappa shape index (κ3) is 6.17. The number of nitrogens with one attached hydrogen (secondary N) is 2. The number of halogens is 4. The summed E-state index contributed by atoms with van der Waals surface area (Å²) in [6, 6.07) is 14.3. The standard InChI is InChI=1S/C26H19Cl4N7O2/c1-13-4-3-5-21(14(13)2)32-23-24(34-26-25(33-23)36-39-37-26)35-31-11-16-8-18(28)10-20(30)22(16)38-12-15-6-7-17(27)9-19(15)29/h3-11H,12H2,1-2H3,(H,32,33,36)(H,34,35,37)/b31-11+. The molecule has 0 radical (unpaired) electrons. The SMILES string of the molecule is Cc1cccc(Nc2nc3nonc3nc2N/N=C/c2cc(Cl)cc(Cl)c2OCc2ccc(Cl)cc2Cl)c1C. The van der Waals surface area contributed by atoms with Gasteiger partial charge in [-0.15, -0.1) is 0 Å². The minimum absolute atomic E-state index is 0.150.